The summed E-state index contributed by atoms with van der Waals surface area (Å²) in [6, 6.07) is 5.53. The van der Waals surface area contributed by atoms with Gasteiger partial charge in [-0.2, -0.15) is 0 Å². The van der Waals surface area contributed by atoms with E-state index in [0.29, 0.717) is 18.7 Å². The van der Waals surface area contributed by atoms with Gasteiger partial charge in [0, 0.05) is 43.9 Å². The monoisotopic (exact) mass is 362 g/mol. The van der Waals surface area contributed by atoms with Crippen LogP contribution in [0.3, 0.4) is 0 Å². The Balaban J connectivity index is 1.79. The van der Waals surface area contributed by atoms with Gasteiger partial charge in [0.2, 0.25) is 5.91 Å². The largest absolute Gasteiger partial charge is 0.497 e. The Morgan fingerprint density at radius 1 is 1.38 bits per heavy atom. The van der Waals surface area contributed by atoms with Crippen molar-refractivity contribution in [3.8, 4) is 5.75 Å². The van der Waals surface area contributed by atoms with E-state index >= 15 is 0 Å². The number of hydrogen-bond acceptors (Lipinski definition) is 4. The predicted molar refractivity (Wildman–Crippen MR) is 103 cm³/mol. The first-order chi connectivity index (χ1) is 12.4. The van der Waals surface area contributed by atoms with Crippen LogP contribution < -0.4 is 15.4 Å². The summed E-state index contributed by atoms with van der Waals surface area (Å²) >= 11 is 0. The molecule has 0 radical (unpaired) electrons. The molecule has 1 aliphatic heterocycles. The second kappa shape index (κ2) is 9.43. The van der Waals surface area contributed by atoms with E-state index < -0.39 is 0 Å². The minimum atomic E-state index is -0.245. The van der Waals surface area contributed by atoms with Gasteiger partial charge in [-0.15, -0.1) is 0 Å². The molecule has 2 rings (SSSR count). The van der Waals surface area contributed by atoms with Gasteiger partial charge in [-0.05, 0) is 45.5 Å². The maximum Gasteiger partial charge on any atom is 0.319 e. The van der Waals surface area contributed by atoms with E-state index in [0.717, 1.165) is 37.2 Å². The summed E-state index contributed by atoms with van der Waals surface area (Å²) < 4.78 is 5.19. The van der Waals surface area contributed by atoms with Crippen LogP contribution in [0.2, 0.25) is 0 Å². The van der Waals surface area contributed by atoms with Gasteiger partial charge >= 0.3 is 6.03 Å². The molecule has 144 valence electrons. The summed E-state index contributed by atoms with van der Waals surface area (Å²) in [6.45, 7) is 4.06. The van der Waals surface area contributed by atoms with Crippen LogP contribution in [0, 0.1) is 6.92 Å². The molecule has 0 spiro atoms. The normalized spacial score (nSPS) is 16.9. The van der Waals surface area contributed by atoms with Gasteiger partial charge in [0.15, 0.2) is 0 Å². The summed E-state index contributed by atoms with van der Waals surface area (Å²) in [5.41, 5.74) is 1.70. The van der Waals surface area contributed by atoms with Crippen LogP contribution in [0.1, 0.15) is 24.8 Å². The summed E-state index contributed by atoms with van der Waals surface area (Å²) in [5.74, 6) is 0.917. The lowest BCUT2D eigenvalue weighted by molar-refractivity contribution is -0.129. The second-order valence-electron chi connectivity index (χ2n) is 6.93. The smallest absolute Gasteiger partial charge is 0.319 e. The van der Waals surface area contributed by atoms with Gasteiger partial charge in [0.1, 0.15) is 5.75 Å². The molecule has 1 aliphatic rings. The van der Waals surface area contributed by atoms with Gasteiger partial charge < -0.3 is 25.2 Å². The molecular weight excluding hydrogens is 332 g/mol. The molecule has 1 unspecified atom stereocenters. The van der Waals surface area contributed by atoms with Crippen molar-refractivity contribution in [3.63, 3.8) is 0 Å². The first-order valence-corrected chi connectivity index (χ1v) is 9.04. The highest BCUT2D eigenvalue weighted by atomic mass is 16.5. The molecule has 7 heteroatoms. The molecule has 7 nitrogen and oxygen atoms in total. The molecule has 0 bridgehead atoms. The number of carbonyl (C=O) groups is 2. The van der Waals surface area contributed by atoms with Crippen molar-refractivity contribution in [1.29, 1.82) is 0 Å². The number of methoxy groups -OCH3 is 1. The molecule has 1 aromatic carbocycles. The number of anilines is 1. The number of nitrogens with one attached hydrogen (secondary N) is 2. The molecule has 2 N–H and O–H groups in total. The summed E-state index contributed by atoms with van der Waals surface area (Å²) in [6.07, 6.45) is 2.24. The Hall–Kier alpha value is -2.28. The van der Waals surface area contributed by atoms with Crippen molar-refractivity contribution in [1.82, 2.24) is 15.1 Å². The van der Waals surface area contributed by atoms with Gasteiger partial charge in [0.25, 0.3) is 0 Å². The van der Waals surface area contributed by atoms with E-state index in [9.17, 15) is 9.59 Å². The molecule has 0 aliphatic carbocycles. The van der Waals surface area contributed by atoms with Crippen LogP contribution in [-0.2, 0) is 4.79 Å². The van der Waals surface area contributed by atoms with E-state index in [4.69, 9.17) is 4.74 Å². The number of likely N-dealkylation sites (N-methyl/N-ethyl adjacent to an activating group) is 1. The Morgan fingerprint density at radius 3 is 2.85 bits per heavy atom. The Kier molecular flexibility index (Phi) is 7.26. The van der Waals surface area contributed by atoms with Crippen molar-refractivity contribution in [3.05, 3.63) is 23.8 Å². The Labute approximate surface area is 155 Å². The maximum absolute atomic E-state index is 12.1. The lowest BCUT2D eigenvalue weighted by Crippen LogP contribution is -2.40. The molecule has 1 aromatic rings. The molecule has 26 heavy (non-hydrogen) atoms. The van der Waals surface area contributed by atoms with Crippen molar-refractivity contribution in [2.45, 2.75) is 32.2 Å². The molecule has 1 heterocycles. The number of carbonyl (C=O) groups excluding carboxylic acids is 2. The third kappa shape index (κ3) is 5.62. The maximum atomic E-state index is 12.1. The van der Waals surface area contributed by atoms with Crippen LogP contribution in [0.5, 0.6) is 5.75 Å². The molecule has 1 atom stereocenters. The zero-order valence-corrected chi connectivity index (χ0v) is 16.2. The predicted octanol–water partition coefficient (Wildman–Crippen LogP) is 2.07. The second-order valence-corrected chi connectivity index (χ2v) is 6.93. The third-order valence-electron chi connectivity index (χ3n) is 4.70. The molecule has 1 saturated heterocycles. The van der Waals surface area contributed by atoms with E-state index in [1.54, 1.807) is 13.2 Å². The lowest BCUT2D eigenvalue weighted by atomic mass is 10.1. The molecule has 3 amide bonds. The van der Waals surface area contributed by atoms with Gasteiger partial charge in [0.05, 0.1) is 7.11 Å². The highest BCUT2D eigenvalue weighted by Crippen LogP contribution is 2.22. The van der Waals surface area contributed by atoms with Crippen LogP contribution in [-0.4, -0.2) is 68.6 Å². The molecule has 1 fully saturated rings. The number of benzene rings is 1. The standard InChI is InChI=1S/C19H30N4O3/c1-14-5-7-16(26-4)13-17(14)21-19(25)20-10-9-15-6-8-18(24)23(15)12-11-22(2)3/h5,7,13,15H,6,8-12H2,1-4H3,(H2,20,21,25). The number of nitrogens with zero attached hydrogens (tertiary/aromatic N) is 2. The first kappa shape index (κ1) is 20.0. The highest BCUT2D eigenvalue weighted by molar-refractivity contribution is 5.90. The van der Waals surface area contributed by atoms with Crippen LogP contribution in [0.25, 0.3) is 0 Å². The van der Waals surface area contributed by atoms with E-state index in [1.165, 1.54) is 0 Å². The number of amides is 3. The van der Waals surface area contributed by atoms with Crippen LogP contribution in [0.15, 0.2) is 18.2 Å². The van der Waals surface area contributed by atoms with Crippen molar-refractivity contribution >= 4 is 17.6 Å². The zero-order valence-electron chi connectivity index (χ0n) is 16.2. The van der Waals surface area contributed by atoms with Crippen molar-refractivity contribution in [2.24, 2.45) is 0 Å². The fourth-order valence-corrected chi connectivity index (χ4v) is 3.09. The minimum absolute atomic E-state index is 0.210. The van der Waals surface area contributed by atoms with Gasteiger partial charge in [-0.25, -0.2) is 4.79 Å². The topological polar surface area (TPSA) is 73.9 Å². The lowest BCUT2D eigenvalue weighted by Gasteiger charge is -2.26. The van der Waals surface area contributed by atoms with Crippen LogP contribution >= 0.6 is 0 Å². The number of urea groups is 1. The zero-order chi connectivity index (χ0) is 19.1. The molecule has 0 saturated carbocycles. The highest BCUT2D eigenvalue weighted by Gasteiger charge is 2.30. The Bertz CT molecular complexity index is 633. The van der Waals surface area contributed by atoms with Crippen molar-refractivity contribution in [2.75, 3.05) is 46.2 Å². The van der Waals surface area contributed by atoms with Crippen LogP contribution in [0.4, 0.5) is 10.5 Å². The number of rotatable bonds is 8. The number of ether oxygens (including phenoxy) is 1. The number of hydrogen-bond donors (Lipinski definition) is 2. The number of aryl methyl sites for hydroxylation is 1. The SMILES string of the molecule is COc1ccc(C)c(NC(=O)NCCC2CCC(=O)N2CCN(C)C)c1. The fourth-order valence-electron chi connectivity index (χ4n) is 3.09. The Morgan fingerprint density at radius 2 is 2.15 bits per heavy atom. The fraction of sp³-hybridized carbons (Fsp3) is 0.579. The van der Waals surface area contributed by atoms with Gasteiger partial charge in [-0.3, -0.25) is 4.79 Å². The average molecular weight is 362 g/mol. The molecule has 0 aromatic heterocycles. The molecular formula is C19H30N4O3. The summed E-state index contributed by atoms with van der Waals surface area (Å²) in [5, 5.41) is 5.74. The van der Waals surface area contributed by atoms with Crippen molar-refractivity contribution < 1.29 is 14.3 Å². The third-order valence-corrected chi connectivity index (χ3v) is 4.70. The summed E-state index contributed by atoms with van der Waals surface area (Å²) in [7, 11) is 5.60. The van der Waals surface area contributed by atoms with Gasteiger partial charge in [-0.1, -0.05) is 6.07 Å². The minimum Gasteiger partial charge on any atom is -0.497 e. The van der Waals surface area contributed by atoms with E-state index in [1.807, 2.05) is 38.1 Å². The summed E-state index contributed by atoms with van der Waals surface area (Å²) in [4.78, 5) is 28.2. The van der Waals surface area contributed by atoms with E-state index in [-0.39, 0.29) is 18.0 Å². The van der Waals surface area contributed by atoms with E-state index in [2.05, 4.69) is 15.5 Å². The first-order valence-electron chi connectivity index (χ1n) is 9.04. The average Bonchev–Trinajstić information content (AvgIpc) is 2.95. The quantitative estimate of drug-likeness (QED) is 0.742. The number of likely N-dealkylation sites (tertiary alicyclic amines) is 1.